The molecule has 1 N–H and O–H groups in total. The highest BCUT2D eigenvalue weighted by atomic mass is 32.1. The van der Waals surface area contributed by atoms with Crippen LogP contribution >= 0.6 is 11.3 Å². The molecule has 192 valence electrons. The molecule has 1 aliphatic rings. The molecule has 0 aliphatic carbocycles. The highest BCUT2D eigenvalue weighted by Crippen LogP contribution is 2.37. The second-order valence-corrected chi connectivity index (χ2v) is 8.93. The first-order valence-electron chi connectivity index (χ1n) is 11.1. The van der Waals surface area contributed by atoms with Gasteiger partial charge in [0.25, 0.3) is 5.56 Å². The third kappa shape index (κ3) is 4.70. The lowest BCUT2D eigenvalue weighted by Crippen LogP contribution is -2.39. The molecule has 37 heavy (non-hydrogen) atoms. The van der Waals surface area contributed by atoms with Gasteiger partial charge in [-0.15, -0.1) is 0 Å². The summed E-state index contributed by atoms with van der Waals surface area (Å²) >= 11 is 1.07. The van der Waals surface area contributed by atoms with Crippen molar-refractivity contribution < 1.29 is 29.0 Å². The van der Waals surface area contributed by atoms with Gasteiger partial charge in [-0.2, -0.15) is 0 Å². The van der Waals surface area contributed by atoms with E-state index in [1.54, 1.807) is 38.1 Å². The number of aromatic nitrogens is 1. The fourth-order valence-corrected chi connectivity index (χ4v) is 5.08. The van der Waals surface area contributed by atoms with Crippen LogP contribution in [0, 0.1) is 10.1 Å². The molecule has 0 saturated carbocycles. The fraction of sp³-hybridized carbons (Fsp3) is 0.240. The molecule has 4 rings (SSSR count). The quantitative estimate of drug-likeness (QED) is 0.282. The van der Waals surface area contributed by atoms with Crippen molar-refractivity contribution in [3.63, 3.8) is 0 Å². The van der Waals surface area contributed by atoms with Crippen molar-refractivity contribution >= 4 is 29.1 Å². The maximum Gasteiger partial charge on any atom is 0.338 e. The van der Waals surface area contributed by atoms with Crippen LogP contribution in [0.3, 0.4) is 0 Å². The Labute approximate surface area is 214 Å². The Morgan fingerprint density at radius 3 is 2.54 bits per heavy atom. The van der Waals surface area contributed by atoms with E-state index >= 15 is 0 Å². The van der Waals surface area contributed by atoms with E-state index in [0.717, 1.165) is 17.4 Å². The minimum absolute atomic E-state index is 0.107. The number of nitro groups is 1. The van der Waals surface area contributed by atoms with E-state index in [-0.39, 0.29) is 28.0 Å². The molecule has 0 fully saturated rings. The summed E-state index contributed by atoms with van der Waals surface area (Å²) in [6.45, 7) is 3.52. The van der Waals surface area contributed by atoms with Gasteiger partial charge in [-0.25, -0.2) is 9.79 Å². The molecule has 2 heterocycles. The van der Waals surface area contributed by atoms with Crippen LogP contribution in [0.2, 0.25) is 0 Å². The number of carbonyl (C=O) groups is 1. The van der Waals surface area contributed by atoms with E-state index in [2.05, 4.69) is 4.99 Å². The van der Waals surface area contributed by atoms with Crippen LogP contribution in [0.15, 0.2) is 57.5 Å². The molecule has 0 spiro atoms. The van der Waals surface area contributed by atoms with E-state index in [1.807, 2.05) is 0 Å². The molecule has 0 radical (unpaired) electrons. The number of hydrogen-bond donors (Lipinski definition) is 1. The number of benzene rings is 2. The van der Waals surface area contributed by atoms with E-state index < -0.39 is 33.9 Å². The summed E-state index contributed by atoms with van der Waals surface area (Å²) in [6, 6.07) is 8.69. The van der Waals surface area contributed by atoms with E-state index in [9.17, 15) is 24.8 Å². The van der Waals surface area contributed by atoms with Gasteiger partial charge in [-0.05, 0) is 49.2 Å². The Morgan fingerprint density at radius 2 is 1.95 bits per heavy atom. The number of nitro benzene ring substituents is 1. The number of hydrogen-bond acceptors (Lipinski definition) is 10. The van der Waals surface area contributed by atoms with Gasteiger partial charge < -0.3 is 19.3 Å². The summed E-state index contributed by atoms with van der Waals surface area (Å²) in [5.41, 5.74) is 0.548. The lowest BCUT2D eigenvalue weighted by Gasteiger charge is -2.24. The largest absolute Gasteiger partial charge is 0.500 e. The minimum Gasteiger partial charge on any atom is -0.500 e. The van der Waals surface area contributed by atoms with Crippen LogP contribution in [-0.4, -0.2) is 41.4 Å². The van der Waals surface area contributed by atoms with Crippen LogP contribution in [0.25, 0.3) is 6.08 Å². The van der Waals surface area contributed by atoms with E-state index in [0.29, 0.717) is 21.8 Å². The standard InChI is InChI=1S/C25H23N3O8S/c1-5-36-24(31)20-13(2)26-25-27(21(20)15-6-8-16(34-3)9-7-15)23(30)19(37-25)12-14-10-17(28(32)33)22(29)18(11-14)35-4/h6-12,21,29H,5H2,1-4H3/b19-12-. The number of allylic oxidation sites excluding steroid dienone is 1. The molecule has 1 aliphatic heterocycles. The van der Waals surface area contributed by atoms with Gasteiger partial charge in [-0.1, -0.05) is 23.5 Å². The average molecular weight is 526 g/mol. The van der Waals surface area contributed by atoms with Gasteiger partial charge >= 0.3 is 11.7 Å². The van der Waals surface area contributed by atoms with Gasteiger partial charge in [0.2, 0.25) is 5.75 Å². The first kappa shape index (κ1) is 25.6. The number of phenolic OH excluding ortho intramolecular Hbond substituents is 1. The zero-order valence-electron chi connectivity index (χ0n) is 20.4. The first-order chi connectivity index (χ1) is 17.7. The normalized spacial score (nSPS) is 15.1. The van der Waals surface area contributed by atoms with Crippen LogP contribution in [-0.2, 0) is 9.53 Å². The average Bonchev–Trinajstić information content (AvgIpc) is 3.18. The molecule has 12 heteroatoms. The van der Waals surface area contributed by atoms with E-state index in [4.69, 9.17) is 14.2 Å². The second kappa shape index (κ2) is 10.3. The van der Waals surface area contributed by atoms with Crippen LogP contribution in [0.4, 0.5) is 5.69 Å². The molecule has 0 amide bonds. The molecule has 0 bridgehead atoms. The summed E-state index contributed by atoms with van der Waals surface area (Å²) in [5.74, 6) is -0.694. The van der Waals surface area contributed by atoms with Crippen molar-refractivity contribution in [3.8, 4) is 17.2 Å². The van der Waals surface area contributed by atoms with Crippen LogP contribution in [0.1, 0.15) is 31.0 Å². The molecule has 0 saturated heterocycles. The molecular formula is C25H23N3O8S. The SMILES string of the molecule is CCOC(=O)C1=C(C)N=c2s/c(=C\c3cc(OC)c(O)c([N+](=O)[O-])c3)c(=O)n2C1c1ccc(OC)cc1. The second-order valence-electron chi connectivity index (χ2n) is 7.92. The lowest BCUT2D eigenvalue weighted by atomic mass is 9.96. The monoisotopic (exact) mass is 525 g/mol. The number of phenols is 1. The molecule has 2 aromatic carbocycles. The minimum atomic E-state index is -0.813. The molecule has 1 unspecified atom stereocenters. The molecular weight excluding hydrogens is 502 g/mol. The Bertz CT molecular complexity index is 1600. The topological polar surface area (TPSA) is 142 Å². The Morgan fingerprint density at radius 1 is 1.24 bits per heavy atom. The Hall–Kier alpha value is -4.45. The summed E-state index contributed by atoms with van der Waals surface area (Å²) in [6.07, 6.45) is 1.45. The Balaban J connectivity index is 1.95. The summed E-state index contributed by atoms with van der Waals surface area (Å²) in [7, 11) is 2.81. The predicted octanol–water partition coefficient (Wildman–Crippen LogP) is 2.43. The summed E-state index contributed by atoms with van der Waals surface area (Å²) in [5, 5.41) is 21.5. The van der Waals surface area contributed by atoms with Gasteiger partial charge in [0.1, 0.15) is 5.75 Å². The molecule has 11 nitrogen and oxygen atoms in total. The van der Waals surface area contributed by atoms with Crippen molar-refractivity contribution in [1.29, 1.82) is 0 Å². The number of rotatable bonds is 7. The molecule has 3 aromatic rings. The third-order valence-electron chi connectivity index (χ3n) is 5.74. The van der Waals surface area contributed by atoms with Crippen molar-refractivity contribution in [2.75, 3.05) is 20.8 Å². The molecule has 1 aromatic heterocycles. The fourth-order valence-electron chi connectivity index (χ4n) is 4.04. The maximum absolute atomic E-state index is 13.7. The first-order valence-corrected chi connectivity index (χ1v) is 11.9. The van der Waals surface area contributed by atoms with Crippen LogP contribution in [0.5, 0.6) is 17.2 Å². The van der Waals surface area contributed by atoms with Gasteiger partial charge in [0.05, 0.1) is 47.6 Å². The lowest BCUT2D eigenvalue weighted by molar-refractivity contribution is -0.386. The number of ether oxygens (including phenoxy) is 3. The zero-order chi connectivity index (χ0) is 26.9. The molecule has 1 atom stereocenters. The number of thiazole rings is 1. The number of nitrogens with zero attached hydrogens (tertiary/aromatic N) is 3. The zero-order valence-corrected chi connectivity index (χ0v) is 21.2. The smallest absolute Gasteiger partial charge is 0.338 e. The van der Waals surface area contributed by atoms with Crippen molar-refractivity contribution in [1.82, 2.24) is 4.57 Å². The van der Waals surface area contributed by atoms with Crippen molar-refractivity contribution in [2.24, 2.45) is 4.99 Å². The van der Waals surface area contributed by atoms with Gasteiger partial charge in [0.15, 0.2) is 10.6 Å². The maximum atomic E-state index is 13.7. The van der Waals surface area contributed by atoms with Crippen molar-refractivity contribution in [2.45, 2.75) is 19.9 Å². The number of esters is 1. The van der Waals surface area contributed by atoms with Gasteiger partial charge in [-0.3, -0.25) is 19.5 Å². The number of methoxy groups -OCH3 is 2. The summed E-state index contributed by atoms with van der Waals surface area (Å²) in [4.78, 5) is 42.1. The summed E-state index contributed by atoms with van der Waals surface area (Å²) < 4.78 is 17.2. The third-order valence-corrected chi connectivity index (χ3v) is 6.72. The number of carbonyl (C=O) groups excluding carboxylic acids is 1. The number of aromatic hydroxyl groups is 1. The van der Waals surface area contributed by atoms with E-state index in [1.165, 1.54) is 30.9 Å². The van der Waals surface area contributed by atoms with Crippen LogP contribution < -0.4 is 24.4 Å². The highest BCUT2D eigenvalue weighted by Gasteiger charge is 2.33. The number of fused-ring (bicyclic) bond motifs is 1. The predicted molar refractivity (Wildman–Crippen MR) is 135 cm³/mol. The van der Waals surface area contributed by atoms with Gasteiger partial charge in [0, 0.05) is 6.07 Å². The van der Waals surface area contributed by atoms with Crippen molar-refractivity contribution in [3.05, 3.63) is 88.6 Å². The highest BCUT2D eigenvalue weighted by molar-refractivity contribution is 7.07. The Kier molecular flexibility index (Phi) is 7.11.